The molecule has 6 heteroatoms. The van der Waals surface area contributed by atoms with E-state index in [9.17, 15) is 9.59 Å². The summed E-state index contributed by atoms with van der Waals surface area (Å²) in [6, 6.07) is 3.32. The highest BCUT2D eigenvalue weighted by molar-refractivity contribution is 5.91. The molecule has 1 aromatic carbocycles. The lowest BCUT2D eigenvalue weighted by atomic mass is 10.1. The maximum atomic E-state index is 10.3. The molecule has 0 fully saturated rings. The number of aliphatic carboxylic acids is 1. The van der Waals surface area contributed by atoms with E-state index < -0.39 is 11.9 Å². The summed E-state index contributed by atoms with van der Waals surface area (Å²) in [6.45, 7) is 0. The number of carboxylic acid groups (broad SMARTS) is 2. The minimum atomic E-state index is -1.27. The van der Waals surface area contributed by atoms with Gasteiger partial charge < -0.3 is 20.4 Å². The average Bonchev–Trinajstić information content (AvgIpc) is 2.43. The van der Waals surface area contributed by atoms with Crippen molar-refractivity contribution in [2.24, 2.45) is 0 Å². The molecule has 0 saturated heterocycles. The van der Waals surface area contributed by atoms with Crippen molar-refractivity contribution in [2.45, 2.75) is 12.8 Å². The lowest BCUT2D eigenvalue weighted by Crippen LogP contribution is -2.00. The molecule has 4 N–H and O–H groups in total. The zero-order valence-electron chi connectivity index (χ0n) is 10.5. The molecule has 0 spiro atoms. The van der Waals surface area contributed by atoms with E-state index in [-0.39, 0.29) is 17.1 Å². The van der Waals surface area contributed by atoms with Crippen LogP contribution in [0, 0.1) is 0 Å². The number of aromatic carboxylic acids is 1. The van der Waals surface area contributed by atoms with Crippen LogP contribution in [0.3, 0.4) is 0 Å². The molecule has 20 heavy (non-hydrogen) atoms. The Kier molecular flexibility index (Phi) is 5.34. The van der Waals surface area contributed by atoms with Crippen molar-refractivity contribution >= 4 is 11.9 Å². The second-order valence-electron chi connectivity index (χ2n) is 3.95. The van der Waals surface area contributed by atoms with Crippen LogP contribution in [-0.2, 0) is 4.79 Å². The summed E-state index contributed by atoms with van der Waals surface area (Å²) in [5, 5.41) is 34.6. The van der Waals surface area contributed by atoms with Gasteiger partial charge in [0, 0.05) is 5.57 Å². The number of phenolic OH excluding ortho intramolecular Hbond substituents is 1. The normalized spacial score (nSPS) is 12.9. The van der Waals surface area contributed by atoms with E-state index in [4.69, 9.17) is 20.4 Å². The maximum Gasteiger partial charge on any atom is 0.339 e. The molecule has 0 unspecified atom stereocenters. The van der Waals surface area contributed by atoms with E-state index in [1.807, 2.05) is 12.2 Å². The minimum absolute atomic E-state index is 0.180. The van der Waals surface area contributed by atoms with Crippen molar-refractivity contribution in [3.63, 3.8) is 0 Å². The molecule has 0 radical (unpaired) electrons. The first-order chi connectivity index (χ1) is 9.41. The van der Waals surface area contributed by atoms with Gasteiger partial charge in [0.05, 0.1) is 0 Å². The molecule has 6 nitrogen and oxygen atoms in total. The molecule has 2 rings (SSSR count). The third-order valence-electron chi connectivity index (χ3n) is 2.49. The highest BCUT2D eigenvalue weighted by Crippen LogP contribution is 2.21. The number of aromatic hydroxyl groups is 2. The van der Waals surface area contributed by atoms with Crippen molar-refractivity contribution in [2.75, 3.05) is 0 Å². The predicted octanol–water partition coefficient (Wildman–Crippen LogP) is 2.14. The monoisotopic (exact) mass is 278 g/mol. The Morgan fingerprint density at radius 1 is 1.00 bits per heavy atom. The fraction of sp³-hybridized carbons (Fsp3) is 0.143. The largest absolute Gasteiger partial charge is 0.508 e. The number of hydrogen-bond donors (Lipinski definition) is 4. The fourth-order valence-electron chi connectivity index (χ4n) is 1.47. The molecule has 0 saturated carbocycles. The zero-order chi connectivity index (χ0) is 15.1. The molecule has 0 atom stereocenters. The first-order valence-corrected chi connectivity index (χ1v) is 5.74. The number of allylic oxidation sites excluding steroid dienone is 3. The second-order valence-corrected chi connectivity index (χ2v) is 3.95. The van der Waals surface area contributed by atoms with Crippen molar-refractivity contribution in [3.05, 3.63) is 47.6 Å². The zero-order valence-corrected chi connectivity index (χ0v) is 10.5. The second kappa shape index (κ2) is 6.98. The molecule has 0 aromatic heterocycles. The van der Waals surface area contributed by atoms with Gasteiger partial charge in [0.15, 0.2) is 0 Å². The first kappa shape index (κ1) is 15.3. The number of rotatable bonds is 2. The summed E-state index contributed by atoms with van der Waals surface area (Å²) in [6.07, 6.45) is 6.93. The van der Waals surface area contributed by atoms with Gasteiger partial charge in [-0.1, -0.05) is 18.2 Å². The third-order valence-corrected chi connectivity index (χ3v) is 2.49. The Labute approximate surface area is 114 Å². The van der Waals surface area contributed by atoms with Crippen LogP contribution < -0.4 is 0 Å². The fourth-order valence-corrected chi connectivity index (χ4v) is 1.47. The smallest absolute Gasteiger partial charge is 0.339 e. The summed E-state index contributed by atoms with van der Waals surface area (Å²) < 4.78 is 0. The van der Waals surface area contributed by atoms with Crippen LogP contribution in [0.15, 0.2) is 42.0 Å². The topological polar surface area (TPSA) is 115 Å². The van der Waals surface area contributed by atoms with Gasteiger partial charge in [0.25, 0.3) is 0 Å². The van der Waals surface area contributed by atoms with Gasteiger partial charge in [-0.15, -0.1) is 0 Å². The predicted molar refractivity (Wildman–Crippen MR) is 70.8 cm³/mol. The van der Waals surface area contributed by atoms with Gasteiger partial charge >= 0.3 is 11.9 Å². The van der Waals surface area contributed by atoms with Crippen LogP contribution in [0.25, 0.3) is 0 Å². The van der Waals surface area contributed by atoms with Gasteiger partial charge in [0.2, 0.25) is 0 Å². The van der Waals surface area contributed by atoms with E-state index in [0.717, 1.165) is 18.6 Å². The van der Waals surface area contributed by atoms with Crippen molar-refractivity contribution in [3.8, 4) is 11.5 Å². The molecule has 1 aliphatic carbocycles. The number of hydrogen-bond acceptors (Lipinski definition) is 4. The molecule has 1 aromatic rings. The Balaban J connectivity index is 0.000000204. The van der Waals surface area contributed by atoms with Gasteiger partial charge in [-0.25, -0.2) is 9.59 Å². The van der Waals surface area contributed by atoms with Crippen molar-refractivity contribution in [1.82, 2.24) is 0 Å². The van der Waals surface area contributed by atoms with E-state index in [1.54, 1.807) is 6.08 Å². The van der Waals surface area contributed by atoms with Gasteiger partial charge in [-0.2, -0.15) is 0 Å². The molecule has 106 valence electrons. The minimum Gasteiger partial charge on any atom is -0.508 e. The van der Waals surface area contributed by atoms with Gasteiger partial charge in [-0.3, -0.25) is 0 Å². The Morgan fingerprint density at radius 2 is 1.70 bits per heavy atom. The van der Waals surface area contributed by atoms with Crippen LogP contribution in [0.4, 0.5) is 0 Å². The van der Waals surface area contributed by atoms with E-state index in [0.29, 0.717) is 12.0 Å². The summed E-state index contributed by atoms with van der Waals surface area (Å²) in [5.41, 5.74) is 0.211. The van der Waals surface area contributed by atoms with E-state index in [1.165, 1.54) is 6.07 Å². The lowest BCUT2D eigenvalue weighted by molar-refractivity contribution is -0.132. The molecule has 0 bridgehead atoms. The van der Waals surface area contributed by atoms with E-state index in [2.05, 4.69) is 0 Å². The molecule has 0 heterocycles. The summed E-state index contributed by atoms with van der Waals surface area (Å²) in [5.74, 6) is -2.59. The Hall–Kier alpha value is -2.76. The maximum absolute atomic E-state index is 10.3. The standard InChI is InChI=1S/C7H6O4.C7H8O2/c8-4-1-2-6(9)5(3-4)7(10)11;8-7(9)6-4-2-1-3-5-6/h1-3,8-9H,(H,10,11);1-2,5H,3-4H2,(H,8,9). The molecular formula is C14H14O6. The highest BCUT2D eigenvalue weighted by Gasteiger charge is 2.08. The number of carbonyl (C=O) groups is 2. The highest BCUT2D eigenvalue weighted by atomic mass is 16.4. The third kappa shape index (κ3) is 4.49. The number of phenols is 2. The van der Waals surface area contributed by atoms with E-state index >= 15 is 0 Å². The van der Waals surface area contributed by atoms with Crippen LogP contribution >= 0.6 is 0 Å². The number of benzene rings is 1. The summed E-state index contributed by atoms with van der Waals surface area (Å²) in [4.78, 5) is 20.6. The number of carboxylic acids is 2. The van der Waals surface area contributed by atoms with Crippen molar-refractivity contribution < 1.29 is 30.0 Å². The molecular weight excluding hydrogens is 264 g/mol. The van der Waals surface area contributed by atoms with Crippen LogP contribution in [0.5, 0.6) is 11.5 Å². The van der Waals surface area contributed by atoms with Crippen LogP contribution in [0.2, 0.25) is 0 Å². The van der Waals surface area contributed by atoms with Crippen molar-refractivity contribution in [1.29, 1.82) is 0 Å². The SMILES string of the molecule is O=C(O)C1=CCC=CC1.O=C(O)c1cc(O)ccc1O. The quantitative estimate of drug-likeness (QED) is 0.486. The molecule has 1 aliphatic rings. The molecule has 0 amide bonds. The first-order valence-electron chi connectivity index (χ1n) is 5.74. The molecule has 0 aliphatic heterocycles. The van der Waals surface area contributed by atoms with Crippen LogP contribution in [-0.4, -0.2) is 32.4 Å². The van der Waals surface area contributed by atoms with Gasteiger partial charge in [0.1, 0.15) is 17.1 Å². The van der Waals surface area contributed by atoms with Crippen LogP contribution in [0.1, 0.15) is 23.2 Å². The summed E-state index contributed by atoms with van der Waals surface area (Å²) >= 11 is 0. The Morgan fingerprint density at radius 3 is 2.10 bits per heavy atom. The summed E-state index contributed by atoms with van der Waals surface area (Å²) in [7, 11) is 0. The Bertz CT molecular complexity index is 571. The lowest BCUT2D eigenvalue weighted by Gasteiger charge is -2.00. The van der Waals surface area contributed by atoms with Gasteiger partial charge in [-0.05, 0) is 31.0 Å². The average molecular weight is 278 g/mol.